The lowest BCUT2D eigenvalue weighted by Crippen LogP contribution is -2.48. The van der Waals surface area contributed by atoms with Gasteiger partial charge in [0.1, 0.15) is 12.0 Å². The van der Waals surface area contributed by atoms with Crippen LogP contribution in [0.1, 0.15) is 36.5 Å². The lowest BCUT2D eigenvalue weighted by molar-refractivity contribution is -0.385. The van der Waals surface area contributed by atoms with Gasteiger partial charge >= 0.3 is 0 Å². The molecule has 1 aliphatic rings. The Kier molecular flexibility index (Phi) is 6.26. The van der Waals surface area contributed by atoms with Gasteiger partial charge in [0.05, 0.1) is 4.92 Å². The molecule has 1 amide bonds. The van der Waals surface area contributed by atoms with Gasteiger partial charge in [0.15, 0.2) is 0 Å². The second-order valence-corrected chi connectivity index (χ2v) is 7.56. The molecule has 0 atom stereocenters. The average molecular weight is 394 g/mol. The zero-order valence-corrected chi connectivity index (χ0v) is 17.0. The zero-order valence-electron chi connectivity index (χ0n) is 17.0. The standard InChI is InChI=1S/C22H26N4O3/c1-16(2)19-7-4-18(5-8-19)6-9-21(27)24-10-12-25(13-11-24)22-17(3)14-20(15-23-22)26(28)29/h4-9,14-16H,10-13H2,1-3H3/b9-6+. The highest BCUT2D eigenvalue weighted by molar-refractivity contribution is 5.92. The molecule has 7 heteroatoms. The van der Waals surface area contributed by atoms with E-state index in [9.17, 15) is 14.9 Å². The van der Waals surface area contributed by atoms with E-state index >= 15 is 0 Å². The van der Waals surface area contributed by atoms with Crippen molar-refractivity contribution >= 4 is 23.5 Å². The van der Waals surface area contributed by atoms with E-state index in [2.05, 4.69) is 35.9 Å². The highest BCUT2D eigenvalue weighted by Gasteiger charge is 2.22. The number of nitro groups is 1. The fraction of sp³-hybridized carbons (Fsp3) is 0.364. The number of pyridine rings is 1. The summed E-state index contributed by atoms with van der Waals surface area (Å²) in [7, 11) is 0. The van der Waals surface area contributed by atoms with E-state index in [0.717, 1.165) is 16.9 Å². The van der Waals surface area contributed by atoms with Crippen molar-refractivity contribution in [2.45, 2.75) is 26.7 Å². The minimum absolute atomic E-state index is 0.00775. The molecule has 0 N–H and O–H groups in total. The van der Waals surface area contributed by atoms with Gasteiger partial charge in [-0.1, -0.05) is 38.1 Å². The van der Waals surface area contributed by atoms with Crippen molar-refractivity contribution in [1.82, 2.24) is 9.88 Å². The molecule has 2 aromatic rings. The number of nitrogens with zero attached hydrogens (tertiary/aromatic N) is 4. The molecule has 0 saturated carbocycles. The Morgan fingerprint density at radius 3 is 2.38 bits per heavy atom. The van der Waals surface area contributed by atoms with Gasteiger partial charge in [-0.05, 0) is 35.6 Å². The van der Waals surface area contributed by atoms with Crippen LogP contribution in [-0.4, -0.2) is 46.9 Å². The fourth-order valence-corrected chi connectivity index (χ4v) is 3.39. The number of aryl methyl sites for hydroxylation is 1. The summed E-state index contributed by atoms with van der Waals surface area (Å²) in [5.74, 6) is 1.22. The number of amides is 1. The molecule has 1 aliphatic heterocycles. The maximum absolute atomic E-state index is 12.5. The highest BCUT2D eigenvalue weighted by Crippen LogP contribution is 2.23. The Bertz CT molecular complexity index is 914. The monoisotopic (exact) mass is 394 g/mol. The van der Waals surface area contributed by atoms with E-state index in [0.29, 0.717) is 32.1 Å². The molecule has 0 spiro atoms. The third-order valence-electron chi connectivity index (χ3n) is 5.16. The summed E-state index contributed by atoms with van der Waals surface area (Å²) in [4.78, 5) is 31.1. The lowest BCUT2D eigenvalue weighted by Gasteiger charge is -2.35. The molecule has 7 nitrogen and oxygen atoms in total. The number of hydrogen-bond donors (Lipinski definition) is 0. The minimum atomic E-state index is -0.441. The molecule has 1 saturated heterocycles. The van der Waals surface area contributed by atoms with E-state index in [1.807, 2.05) is 30.0 Å². The topological polar surface area (TPSA) is 79.6 Å². The van der Waals surface area contributed by atoms with Crippen LogP contribution < -0.4 is 4.90 Å². The summed E-state index contributed by atoms with van der Waals surface area (Å²) in [5, 5.41) is 10.9. The number of anilines is 1. The van der Waals surface area contributed by atoms with Crippen LogP contribution in [0.2, 0.25) is 0 Å². The molecule has 1 aromatic heterocycles. The lowest BCUT2D eigenvalue weighted by atomic mass is 10.0. The predicted molar refractivity (Wildman–Crippen MR) is 114 cm³/mol. The van der Waals surface area contributed by atoms with Crippen LogP contribution in [0.25, 0.3) is 6.08 Å². The van der Waals surface area contributed by atoms with Gasteiger partial charge in [0, 0.05) is 38.3 Å². The molecular formula is C22H26N4O3. The number of piperazine rings is 1. The molecular weight excluding hydrogens is 368 g/mol. The summed E-state index contributed by atoms with van der Waals surface area (Å²) in [6.07, 6.45) is 4.75. The van der Waals surface area contributed by atoms with Crippen molar-refractivity contribution in [1.29, 1.82) is 0 Å². The molecule has 0 radical (unpaired) electrons. The highest BCUT2D eigenvalue weighted by atomic mass is 16.6. The molecule has 2 heterocycles. The smallest absolute Gasteiger partial charge is 0.287 e. The van der Waals surface area contributed by atoms with Crippen LogP contribution in [-0.2, 0) is 4.79 Å². The van der Waals surface area contributed by atoms with Crippen LogP contribution in [0.3, 0.4) is 0 Å². The van der Waals surface area contributed by atoms with Crippen LogP contribution in [0.15, 0.2) is 42.6 Å². The maximum atomic E-state index is 12.5. The van der Waals surface area contributed by atoms with Crippen LogP contribution in [0, 0.1) is 17.0 Å². The first-order chi connectivity index (χ1) is 13.8. The zero-order chi connectivity index (χ0) is 21.0. The van der Waals surface area contributed by atoms with E-state index in [4.69, 9.17) is 0 Å². The second-order valence-electron chi connectivity index (χ2n) is 7.56. The van der Waals surface area contributed by atoms with Crippen molar-refractivity contribution in [3.63, 3.8) is 0 Å². The van der Waals surface area contributed by atoms with Crippen molar-refractivity contribution in [3.8, 4) is 0 Å². The summed E-state index contributed by atoms with van der Waals surface area (Å²) < 4.78 is 0. The molecule has 1 aromatic carbocycles. The normalized spacial score (nSPS) is 14.6. The molecule has 29 heavy (non-hydrogen) atoms. The SMILES string of the molecule is Cc1cc([N+](=O)[O-])cnc1N1CCN(C(=O)/C=C/c2ccc(C(C)C)cc2)CC1. The van der Waals surface area contributed by atoms with Gasteiger partial charge in [-0.3, -0.25) is 14.9 Å². The van der Waals surface area contributed by atoms with Gasteiger partial charge in [-0.15, -0.1) is 0 Å². The first-order valence-electron chi connectivity index (χ1n) is 9.78. The number of benzene rings is 1. The predicted octanol–water partition coefficient (Wildman–Crippen LogP) is 3.78. The quantitative estimate of drug-likeness (QED) is 0.438. The second kappa shape index (κ2) is 8.86. The van der Waals surface area contributed by atoms with Gasteiger partial charge in [0.25, 0.3) is 5.69 Å². The number of rotatable bonds is 5. The van der Waals surface area contributed by atoms with Crippen molar-refractivity contribution in [2.75, 3.05) is 31.1 Å². The summed E-state index contributed by atoms with van der Waals surface area (Å²) in [5.41, 5.74) is 3.04. The summed E-state index contributed by atoms with van der Waals surface area (Å²) in [6.45, 7) is 8.60. The van der Waals surface area contributed by atoms with Crippen molar-refractivity contribution in [2.24, 2.45) is 0 Å². The third kappa shape index (κ3) is 4.99. The molecule has 0 bridgehead atoms. The Morgan fingerprint density at radius 1 is 1.17 bits per heavy atom. The summed E-state index contributed by atoms with van der Waals surface area (Å²) in [6, 6.07) is 9.77. The van der Waals surface area contributed by atoms with E-state index in [1.165, 1.54) is 17.8 Å². The Morgan fingerprint density at radius 2 is 1.83 bits per heavy atom. The number of aromatic nitrogens is 1. The van der Waals surface area contributed by atoms with Crippen molar-refractivity contribution < 1.29 is 9.72 Å². The first-order valence-corrected chi connectivity index (χ1v) is 9.78. The van der Waals surface area contributed by atoms with Gasteiger partial charge in [-0.2, -0.15) is 0 Å². The van der Waals surface area contributed by atoms with Crippen LogP contribution >= 0.6 is 0 Å². The molecule has 152 valence electrons. The molecule has 1 fully saturated rings. The van der Waals surface area contributed by atoms with E-state index in [1.54, 1.807) is 6.08 Å². The van der Waals surface area contributed by atoms with Crippen LogP contribution in [0.5, 0.6) is 0 Å². The van der Waals surface area contributed by atoms with E-state index < -0.39 is 4.92 Å². The summed E-state index contributed by atoms with van der Waals surface area (Å²) >= 11 is 0. The maximum Gasteiger partial charge on any atom is 0.287 e. The van der Waals surface area contributed by atoms with Gasteiger partial charge in [-0.25, -0.2) is 4.98 Å². The first kappa shape index (κ1) is 20.5. The number of hydrogen-bond acceptors (Lipinski definition) is 5. The number of carbonyl (C=O) groups excluding carboxylic acids is 1. The third-order valence-corrected chi connectivity index (χ3v) is 5.16. The largest absolute Gasteiger partial charge is 0.353 e. The van der Waals surface area contributed by atoms with Crippen LogP contribution in [0.4, 0.5) is 11.5 Å². The Hall–Kier alpha value is -3.22. The van der Waals surface area contributed by atoms with Gasteiger partial charge in [0.2, 0.25) is 5.91 Å². The average Bonchev–Trinajstić information content (AvgIpc) is 2.72. The number of carbonyl (C=O) groups is 1. The van der Waals surface area contributed by atoms with Gasteiger partial charge < -0.3 is 9.80 Å². The molecule has 0 unspecified atom stereocenters. The van der Waals surface area contributed by atoms with E-state index in [-0.39, 0.29) is 11.6 Å². The molecule has 3 rings (SSSR count). The fourth-order valence-electron chi connectivity index (χ4n) is 3.39. The Labute approximate surface area is 170 Å². The molecule has 0 aliphatic carbocycles. The Balaban J connectivity index is 1.57. The van der Waals surface area contributed by atoms with Crippen molar-refractivity contribution in [3.05, 3.63) is 69.4 Å². The minimum Gasteiger partial charge on any atom is -0.353 e.